The monoisotopic (exact) mass is 188 g/mol. The van der Waals surface area contributed by atoms with E-state index in [2.05, 4.69) is 0 Å². The summed E-state index contributed by atoms with van der Waals surface area (Å²) in [4.78, 5) is 0. The number of hydrogen-bond donors (Lipinski definition) is 1. The molecule has 1 fully saturated rings. The van der Waals surface area contributed by atoms with Gasteiger partial charge in [0.1, 0.15) is 0 Å². The highest BCUT2D eigenvalue weighted by Gasteiger charge is 2.45. The Morgan fingerprint density at radius 3 is 2.62 bits per heavy atom. The van der Waals surface area contributed by atoms with Crippen LogP contribution in [0.15, 0.2) is 0 Å². The SMILES string of the molecule is CCC1(OC)OCC(C)C(O)C1C. The number of methoxy groups -OCH3 is 1. The minimum Gasteiger partial charge on any atom is -0.392 e. The number of hydrogen-bond acceptors (Lipinski definition) is 3. The molecule has 0 aliphatic carbocycles. The van der Waals surface area contributed by atoms with E-state index >= 15 is 0 Å². The quantitative estimate of drug-likeness (QED) is 0.712. The lowest BCUT2D eigenvalue weighted by molar-refractivity contribution is -0.302. The second-order valence-corrected chi connectivity index (χ2v) is 3.94. The number of rotatable bonds is 2. The van der Waals surface area contributed by atoms with Crippen molar-refractivity contribution in [2.24, 2.45) is 11.8 Å². The Kier molecular flexibility index (Phi) is 3.33. The van der Waals surface area contributed by atoms with Crippen LogP contribution >= 0.6 is 0 Å². The van der Waals surface area contributed by atoms with Gasteiger partial charge in [-0.05, 0) is 6.42 Å². The van der Waals surface area contributed by atoms with Gasteiger partial charge in [0, 0.05) is 18.9 Å². The minimum absolute atomic E-state index is 0.0336. The molecule has 1 N–H and O–H groups in total. The van der Waals surface area contributed by atoms with Gasteiger partial charge in [-0.1, -0.05) is 20.8 Å². The van der Waals surface area contributed by atoms with E-state index < -0.39 is 5.79 Å². The zero-order chi connectivity index (χ0) is 10.1. The van der Waals surface area contributed by atoms with E-state index in [1.54, 1.807) is 7.11 Å². The molecule has 1 heterocycles. The first kappa shape index (κ1) is 11.0. The van der Waals surface area contributed by atoms with E-state index in [1.165, 1.54) is 0 Å². The third kappa shape index (κ3) is 1.73. The molecule has 0 amide bonds. The third-order valence-corrected chi connectivity index (χ3v) is 3.22. The van der Waals surface area contributed by atoms with Crippen LogP contribution in [-0.4, -0.2) is 30.7 Å². The van der Waals surface area contributed by atoms with Crippen LogP contribution in [-0.2, 0) is 9.47 Å². The molecule has 1 aliphatic rings. The number of aliphatic hydroxyl groups excluding tert-OH is 1. The Labute approximate surface area is 80.0 Å². The summed E-state index contributed by atoms with van der Waals surface area (Å²) in [6.07, 6.45) is 0.447. The highest BCUT2D eigenvalue weighted by Crippen LogP contribution is 2.36. The van der Waals surface area contributed by atoms with Gasteiger partial charge in [0.05, 0.1) is 12.7 Å². The van der Waals surface area contributed by atoms with Gasteiger partial charge in [-0.15, -0.1) is 0 Å². The number of aliphatic hydroxyl groups is 1. The normalized spacial score (nSPS) is 46.4. The van der Waals surface area contributed by atoms with Crippen LogP contribution in [0.2, 0.25) is 0 Å². The Morgan fingerprint density at radius 1 is 1.54 bits per heavy atom. The van der Waals surface area contributed by atoms with Gasteiger partial charge >= 0.3 is 0 Å². The lowest BCUT2D eigenvalue weighted by atomic mass is 9.83. The van der Waals surface area contributed by atoms with Crippen molar-refractivity contribution in [3.05, 3.63) is 0 Å². The molecule has 0 aromatic heterocycles. The molecular weight excluding hydrogens is 168 g/mol. The standard InChI is InChI=1S/C10H20O3/c1-5-10(12-4)8(3)9(11)7(2)6-13-10/h7-9,11H,5-6H2,1-4H3. The summed E-state index contributed by atoms with van der Waals surface area (Å²) in [6.45, 7) is 6.57. The average Bonchev–Trinajstić information content (AvgIpc) is 2.16. The van der Waals surface area contributed by atoms with E-state index in [0.29, 0.717) is 6.61 Å². The van der Waals surface area contributed by atoms with Crippen LogP contribution in [0.25, 0.3) is 0 Å². The second kappa shape index (κ2) is 3.95. The van der Waals surface area contributed by atoms with E-state index in [1.807, 2.05) is 20.8 Å². The fourth-order valence-corrected chi connectivity index (χ4v) is 2.07. The van der Waals surface area contributed by atoms with E-state index in [4.69, 9.17) is 9.47 Å². The van der Waals surface area contributed by atoms with Gasteiger partial charge in [0.15, 0.2) is 5.79 Å². The molecule has 0 radical (unpaired) electrons. The molecule has 13 heavy (non-hydrogen) atoms. The predicted molar refractivity (Wildman–Crippen MR) is 50.3 cm³/mol. The van der Waals surface area contributed by atoms with E-state index in [-0.39, 0.29) is 17.9 Å². The van der Waals surface area contributed by atoms with Gasteiger partial charge in [-0.2, -0.15) is 0 Å². The van der Waals surface area contributed by atoms with Crippen LogP contribution in [0.1, 0.15) is 27.2 Å². The molecule has 3 heteroatoms. The first-order valence-corrected chi connectivity index (χ1v) is 4.94. The highest BCUT2D eigenvalue weighted by molar-refractivity contribution is 4.87. The summed E-state index contributed by atoms with van der Waals surface area (Å²) in [5, 5.41) is 9.88. The van der Waals surface area contributed by atoms with Crippen LogP contribution in [0.3, 0.4) is 0 Å². The summed E-state index contributed by atoms with van der Waals surface area (Å²) in [7, 11) is 1.64. The molecule has 3 nitrogen and oxygen atoms in total. The van der Waals surface area contributed by atoms with Crippen molar-refractivity contribution in [2.45, 2.75) is 39.1 Å². The molecule has 0 aromatic carbocycles. The molecule has 1 rings (SSSR count). The molecule has 4 atom stereocenters. The first-order chi connectivity index (χ1) is 6.07. The van der Waals surface area contributed by atoms with Gasteiger partial charge in [0.25, 0.3) is 0 Å². The maximum absolute atomic E-state index is 9.88. The average molecular weight is 188 g/mol. The maximum Gasteiger partial charge on any atom is 0.172 e. The Morgan fingerprint density at radius 2 is 2.15 bits per heavy atom. The summed E-state index contributed by atoms with van der Waals surface area (Å²) in [5.41, 5.74) is 0. The van der Waals surface area contributed by atoms with Crippen molar-refractivity contribution in [2.75, 3.05) is 13.7 Å². The first-order valence-electron chi connectivity index (χ1n) is 4.94. The maximum atomic E-state index is 9.88. The van der Waals surface area contributed by atoms with Crippen LogP contribution in [0.4, 0.5) is 0 Å². The predicted octanol–water partition coefficient (Wildman–Crippen LogP) is 1.40. The lowest BCUT2D eigenvalue weighted by Crippen LogP contribution is -2.53. The molecule has 4 unspecified atom stereocenters. The van der Waals surface area contributed by atoms with Crippen molar-refractivity contribution in [1.29, 1.82) is 0 Å². The van der Waals surface area contributed by atoms with Crippen molar-refractivity contribution < 1.29 is 14.6 Å². The third-order valence-electron chi connectivity index (χ3n) is 3.22. The Balaban J connectivity index is 2.77. The Hall–Kier alpha value is -0.120. The van der Waals surface area contributed by atoms with Gasteiger partial charge in [-0.3, -0.25) is 0 Å². The summed E-state index contributed by atoms with van der Waals surface area (Å²) >= 11 is 0. The molecule has 1 aliphatic heterocycles. The highest BCUT2D eigenvalue weighted by atomic mass is 16.7. The van der Waals surface area contributed by atoms with Gasteiger partial charge in [-0.25, -0.2) is 0 Å². The second-order valence-electron chi connectivity index (χ2n) is 3.94. The lowest BCUT2D eigenvalue weighted by Gasteiger charge is -2.45. The molecule has 1 saturated heterocycles. The smallest absolute Gasteiger partial charge is 0.172 e. The van der Waals surface area contributed by atoms with Crippen LogP contribution in [0.5, 0.6) is 0 Å². The fourth-order valence-electron chi connectivity index (χ4n) is 2.07. The van der Waals surface area contributed by atoms with Gasteiger partial charge < -0.3 is 14.6 Å². The zero-order valence-corrected chi connectivity index (χ0v) is 8.91. The van der Waals surface area contributed by atoms with Gasteiger partial charge in [0.2, 0.25) is 0 Å². The minimum atomic E-state index is -0.577. The van der Waals surface area contributed by atoms with E-state index in [0.717, 1.165) is 6.42 Å². The molecule has 0 spiro atoms. The summed E-state index contributed by atoms with van der Waals surface area (Å²) in [6, 6.07) is 0. The fraction of sp³-hybridized carbons (Fsp3) is 1.00. The van der Waals surface area contributed by atoms with Crippen molar-refractivity contribution in [3.8, 4) is 0 Å². The van der Waals surface area contributed by atoms with Crippen LogP contribution in [0, 0.1) is 11.8 Å². The van der Waals surface area contributed by atoms with Crippen molar-refractivity contribution in [3.63, 3.8) is 0 Å². The summed E-state index contributed by atoms with van der Waals surface area (Å²) in [5.74, 6) is -0.345. The van der Waals surface area contributed by atoms with Crippen LogP contribution < -0.4 is 0 Å². The largest absolute Gasteiger partial charge is 0.392 e. The summed E-state index contributed by atoms with van der Waals surface area (Å²) < 4.78 is 11.1. The van der Waals surface area contributed by atoms with E-state index in [9.17, 15) is 5.11 Å². The molecule has 0 aromatic rings. The topological polar surface area (TPSA) is 38.7 Å². The number of ether oxygens (including phenoxy) is 2. The molecular formula is C10H20O3. The molecule has 78 valence electrons. The zero-order valence-electron chi connectivity index (χ0n) is 8.91. The van der Waals surface area contributed by atoms with Crippen molar-refractivity contribution in [1.82, 2.24) is 0 Å². The molecule has 0 saturated carbocycles. The Bertz CT molecular complexity index is 166. The molecule has 0 bridgehead atoms. The van der Waals surface area contributed by atoms with Crippen molar-refractivity contribution >= 4 is 0 Å².